The van der Waals surface area contributed by atoms with Crippen LogP contribution in [0.5, 0.6) is 0 Å². The summed E-state index contributed by atoms with van der Waals surface area (Å²) in [5, 5.41) is 31.8. The molecule has 1 saturated heterocycles. The first-order chi connectivity index (χ1) is 24.8. The Morgan fingerprint density at radius 1 is 1.02 bits per heavy atom. The number of carbonyl (C=O) groups is 1. The van der Waals surface area contributed by atoms with Gasteiger partial charge in [0.15, 0.2) is 17.8 Å². The Morgan fingerprint density at radius 2 is 1.65 bits per heavy atom. The number of fused-ring (bicyclic) bond motifs is 1. The number of aromatic nitrogens is 4. The van der Waals surface area contributed by atoms with Crippen LogP contribution < -0.4 is 10.6 Å². The van der Waals surface area contributed by atoms with Crippen molar-refractivity contribution in [1.29, 1.82) is 0 Å². The summed E-state index contributed by atoms with van der Waals surface area (Å²) in [6.45, 7) is 2.30. The number of terminal acetylenes is 1. The quantitative estimate of drug-likeness (QED) is 0.0343. The number of aliphatic hydroxyl groups excluding tert-OH is 2. The Hall–Kier alpha value is -2.31. The molecule has 6 atom stereocenters. The first-order valence-electron chi connectivity index (χ1n) is 16.5. The summed E-state index contributed by atoms with van der Waals surface area (Å²) in [5.74, 6) is 0.848. The van der Waals surface area contributed by atoms with Gasteiger partial charge in [0.05, 0.1) is 64.4 Å². The number of ether oxygens (including phenoxy) is 5. The minimum absolute atomic E-state index is 0.0109. The highest BCUT2D eigenvalue weighted by Crippen LogP contribution is 2.55. The Balaban J connectivity index is 1.32. The number of nitrogens with one attached hydrogen (secondary N) is 2. The average Bonchev–Trinajstić information content (AvgIpc) is 3.82. The molecule has 4 rings (SSSR count). The molecule has 1 amide bonds. The highest BCUT2D eigenvalue weighted by atomic mass is 35.5. The molecule has 0 radical (unpaired) electrons. The summed E-state index contributed by atoms with van der Waals surface area (Å²) in [6.07, 6.45) is 3.96. The third kappa shape index (κ3) is 12.9. The minimum Gasteiger partial charge on any atom is -0.387 e. The van der Waals surface area contributed by atoms with Crippen molar-refractivity contribution >= 4 is 49.6 Å². The standard InChI is InChI=1S/C29H45ClN6O14P2/c1-2-8-45-10-12-47-14-15-48-13-11-46-9-7-31-27(39)22(19-5-3-4-6-19)33-25-20-16-32-36(26(20)35-29(30)34-25)28-24(38)23(37)21(50-28)17-49-52(43,44)18-51(40,41)42/h1,16,19,21-24,28,37-38H,3-15,17-18H2,(H,31,39)(H,43,44)(H,33,34,35)(H2,40,41,42)/t21-,22-,23-,24-,28-/m1/s1. The summed E-state index contributed by atoms with van der Waals surface area (Å²) in [5.41, 5.74) is 0.0801. The molecule has 3 heterocycles. The van der Waals surface area contributed by atoms with E-state index >= 15 is 0 Å². The van der Waals surface area contributed by atoms with Crippen LogP contribution in [0.25, 0.3) is 11.0 Å². The second-order valence-electron chi connectivity index (χ2n) is 12.0. The fourth-order valence-corrected chi connectivity index (χ4v) is 8.44. The average molecular weight is 799 g/mol. The van der Waals surface area contributed by atoms with Crippen molar-refractivity contribution in [3.8, 4) is 12.3 Å². The van der Waals surface area contributed by atoms with Gasteiger partial charge in [0.1, 0.15) is 36.8 Å². The van der Waals surface area contributed by atoms with Crippen LogP contribution in [0.3, 0.4) is 0 Å². The van der Waals surface area contributed by atoms with Crippen LogP contribution >= 0.6 is 26.8 Å². The summed E-state index contributed by atoms with van der Waals surface area (Å²) in [4.78, 5) is 49.8. The molecule has 52 heavy (non-hydrogen) atoms. The van der Waals surface area contributed by atoms with Gasteiger partial charge in [-0.1, -0.05) is 18.8 Å². The van der Waals surface area contributed by atoms with E-state index in [-0.39, 0.29) is 48.3 Å². The van der Waals surface area contributed by atoms with E-state index in [1.165, 1.54) is 6.20 Å². The molecule has 0 spiro atoms. The highest BCUT2D eigenvalue weighted by molar-refractivity contribution is 7.70. The molecule has 2 aromatic heterocycles. The zero-order valence-corrected chi connectivity index (χ0v) is 30.7. The first kappa shape index (κ1) is 42.4. The van der Waals surface area contributed by atoms with Crippen molar-refractivity contribution in [3.63, 3.8) is 0 Å². The molecule has 2 fully saturated rings. The van der Waals surface area contributed by atoms with Gasteiger partial charge >= 0.3 is 15.2 Å². The van der Waals surface area contributed by atoms with Gasteiger partial charge in [0, 0.05) is 6.54 Å². The third-order valence-corrected chi connectivity index (χ3v) is 11.7. The van der Waals surface area contributed by atoms with Gasteiger partial charge < -0.3 is 63.7 Å². The molecule has 7 N–H and O–H groups in total. The smallest absolute Gasteiger partial charge is 0.340 e. The van der Waals surface area contributed by atoms with Crippen molar-refractivity contribution in [2.24, 2.45) is 5.92 Å². The van der Waals surface area contributed by atoms with E-state index in [9.17, 15) is 29.0 Å². The number of carbonyl (C=O) groups excluding carboxylic acids is 1. The number of aliphatic hydroxyl groups is 2. The summed E-state index contributed by atoms with van der Waals surface area (Å²) in [7, 11) is -9.65. The zero-order chi connectivity index (χ0) is 37.7. The molecular weight excluding hydrogens is 754 g/mol. The SMILES string of the molecule is C#CCOCCOCCOCCOCCNC(=O)[C@H](Nc1nc(Cl)nc2c1cnn2[C@@H]1O[C@H](COP(=O)(O)CP(=O)(O)O)[C@@H](O)[C@H]1O)C1CCCC1. The van der Waals surface area contributed by atoms with E-state index in [1.54, 1.807) is 0 Å². The lowest BCUT2D eigenvalue weighted by molar-refractivity contribution is -0.123. The van der Waals surface area contributed by atoms with E-state index in [2.05, 4.69) is 31.6 Å². The first-order valence-corrected chi connectivity index (χ1v) is 20.5. The predicted molar refractivity (Wildman–Crippen MR) is 183 cm³/mol. The van der Waals surface area contributed by atoms with Gasteiger partial charge in [-0.2, -0.15) is 15.1 Å². The zero-order valence-electron chi connectivity index (χ0n) is 28.2. The maximum Gasteiger partial charge on any atom is 0.340 e. The number of anilines is 1. The topological polar surface area (TPSA) is 275 Å². The molecule has 20 nitrogen and oxygen atoms in total. The monoisotopic (exact) mass is 798 g/mol. The molecule has 0 aromatic carbocycles. The van der Waals surface area contributed by atoms with E-state index in [0.29, 0.717) is 45.0 Å². The number of rotatable bonds is 23. The fourth-order valence-electron chi connectivity index (χ4n) is 5.71. The summed E-state index contributed by atoms with van der Waals surface area (Å²) >= 11 is 6.29. The second-order valence-corrected chi connectivity index (χ2v) is 16.3. The van der Waals surface area contributed by atoms with E-state index in [4.69, 9.17) is 56.0 Å². The largest absolute Gasteiger partial charge is 0.387 e. The van der Waals surface area contributed by atoms with Gasteiger partial charge in [-0.3, -0.25) is 13.9 Å². The van der Waals surface area contributed by atoms with Crippen molar-refractivity contribution in [3.05, 3.63) is 11.5 Å². The molecular formula is C29H45ClN6O14P2. The Morgan fingerprint density at radius 3 is 2.29 bits per heavy atom. The molecule has 23 heteroatoms. The lowest BCUT2D eigenvalue weighted by Crippen LogP contribution is -2.45. The molecule has 292 valence electrons. The van der Waals surface area contributed by atoms with Gasteiger partial charge in [-0.25, -0.2) is 4.68 Å². The maximum atomic E-state index is 13.5. The molecule has 2 aromatic rings. The van der Waals surface area contributed by atoms with Gasteiger partial charge in [0.25, 0.3) is 0 Å². The van der Waals surface area contributed by atoms with Crippen LogP contribution in [0.4, 0.5) is 5.82 Å². The van der Waals surface area contributed by atoms with E-state index < -0.39 is 58.3 Å². The van der Waals surface area contributed by atoms with Crippen LogP contribution in [0.15, 0.2) is 6.20 Å². The number of amides is 1. The van der Waals surface area contributed by atoms with Gasteiger partial charge in [0.2, 0.25) is 11.2 Å². The minimum atomic E-state index is -4.89. The number of nitrogens with zero attached hydrogens (tertiary/aromatic N) is 4. The lowest BCUT2D eigenvalue weighted by atomic mass is 9.97. The normalized spacial score (nSPS) is 22.7. The molecule has 1 unspecified atom stereocenters. The third-order valence-electron chi connectivity index (χ3n) is 8.10. The van der Waals surface area contributed by atoms with Crippen LogP contribution in [-0.4, -0.2) is 147 Å². The van der Waals surface area contributed by atoms with E-state index in [0.717, 1.165) is 30.4 Å². The van der Waals surface area contributed by atoms with Crippen molar-refractivity contribution in [2.75, 3.05) is 77.2 Å². The van der Waals surface area contributed by atoms with Crippen molar-refractivity contribution < 1.29 is 67.0 Å². The Bertz CT molecular complexity index is 1590. The second kappa shape index (κ2) is 20.4. The van der Waals surface area contributed by atoms with Crippen LogP contribution in [0, 0.1) is 18.3 Å². The van der Waals surface area contributed by atoms with E-state index in [1.807, 2.05) is 0 Å². The summed E-state index contributed by atoms with van der Waals surface area (Å²) in [6, 6.07) is -0.695. The molecule has 2 aliphatic rings. The Labute approximate surface area is 304 Å². The molecule has 1 aliphatic carbocycles. The summed E-state index contributed by atoms with van der Waals surface area (Å²) < 4.78 is 56.3. The number of halogens is 1. The highest BCUT2D eigenvalue weighted by Gasteiger charge is 2.46. The molecule has 1 saturated carbocycles. The van der Waals surface area contributed by atoms with Crippen LogP contribution in [-0.2, 0) is 42.1 Å². The predicted octanol–water partition coefficient (Wildman–Crippen LogP) is 0.223. The lowest BCUT2D eigenvalue weighted by Gasteiger charge is -2.25. The van der Waals surface area contributed by atoms with Gasteiger partial charge in [-0.15, -0.1) is 6.42 Å². The number of hydrogen-bond donors (Lipinski definition) is 7. The molecule has 0 bridgehead atoms. The fraction of sp³-hybridized carbons (Fsp3) is 0.724. The Kier molecular flexibility index (Phi) is 16.6. The number of hydrogen-bond acceptors (Lipinski definition) is 15. The van der Waals surface area contributed by atoms with Crippen molar-refractivity contribution in [2.45, 2.75) is 56.3 Å². The van der Waals surface area contributed by atoms with Gasteiger partial charge in [-0.05, 0) is 30.4 Å². The van der Waals surface area contributed by atoms with Crippen LogP contribution in [0.2, 0.25) is 5.28 Å². The van der Waals surface area contributed by atoms with Crippen LogP contribution in [0.1, 0.15) is 31.9 Å². The molecule has 1 aliphatic heterocycles. The maximum absolute atomic E-state index is 13.5. The van der Waals surface area contributed by atoms with Crippen molar-refractivity contribution in [1.82, 2.24) is 25.1 Å².